The molecule has 18 heavy (non-hydrogen) atoms. The monoisotopic (exact) mass is 245 g/mol. The topological polar surface area (TPSA) is 99.8 Å². The lowest BCUT2D eigenvalue weighted by molar-refractivity contribution is 0.1000. The number of anilines is 1. The molecule has 6 nitrogen and oxygen atoms in total. The molecule has 2 aromatic heterocycles. The van der Waals surface area contributed by atoms with Crippen molar-refractivity contribution in [1.29, 1.82) is 0 Å². The Hall–Kier alpha value is -2.37. The van der Waals surface area contributed by atoms with E-state index in [-0.39, 0.29) is 0 Å². The van der Waals surface area contributed by atoms with Crippen LogP contribution in [0.15, 0.2) is 12.1 Å². The fraction of sp³-hybridized carbons (Fsp3) is 0.250. The lowest BCUT2D eigenvalue weighted by atomic mass is 10.2. The Kier molecular flexibility index (Phi) is 2.78. The fourth-order valence-corrected chi connectivity index (χ4v) is 1.76. The number of hydrogen-bond acceptors (Lipinski definition) is 4. The van der Waals surface area contributed by atoms with E-state index < -0.39 is 5.91 Å². The molecule has 4 N–H and O–H groups in total. The Balaban J connectivity index is 2.73. The third kappa shape index (κ3) is 1.81. The number of pyridine rings is 1. The Morgan fingerprint density at radius 3 is 2.44 bits per heavy atom. The van der Waals surface area contributed by atoms with Crippen LogP contribution in [0.2, 0.25) is 0 Å². The molecule has 94 valence electrons. The molecule has 0 aliphatic rings. The molecule has 0 radical (unpaired) electrons. The second kappa shape index (κ2) is 4.14. The smallest absolute Gasteiger partial charge is 0.252 e. The molecule has 0 aliphatic heterocycles. The number of rotatable bonds is 2. The third-order valence-electron chi connectivity index (χ3n) is 2.83. The molecule has 0 bridgehead atoms. The fourth-order valence-electron chi connectivity index (χ4n) is 1.76. The van der Waals surface area contributed by atoms with Crippen molar-refractivity contribution in [1.82, 2.24) is 14.8 Å². The lowest BCUT2D eigenvalue weighted by Gasteiger charge is -2.08. The van der Waals surface area contributed by atoms with Crippen LogP contribution < -0.4 is 11.5 Å². The van der Waals surface area contributed by atoms with E-state index in [1.807, 2.05) is 13.8 Å². The minimum atomic E-state index is -0.538. The summed E-state index contributed by atoms with van der Waals surface area (Å²) in [5, 5.41) is 4.29. The van der Waals surface area contributed by atoms with Gasteiger partial charge in [-0.2, -0.15) is 5.10 Å². The quantitative estimate of drug-likeness (QED) is 0.820. The molecule has 0 spiro atoms. The number of aromatic nitrogens is 3. The van der Waals surface area contributed by atoms with Gasteiger partial charge in [0.2, 0.25) is 0 Å². The number of carbonyl (C=O) groups excluding carboxylic acids is 1. The highest BCUT2D eigenvalue weighted by molar-refractivity contribution is 5.95. The van der Waals surface area contributed by atoms with E-state index in [1.54, 1.807) is 23.7 Å². The first kappa shape index (κ1) is 12.1. The van der Waals surface area contributed by atoms with Gasteiger partial charge < -0.3 is 11.5 Å². The SMILES string of the molecule is Cc1ccc(C(N)=O)c(-n2nc(C)c(N)c2C)n1. The number of nitrogens with zero attached hydrogens (tertiary/aromatic N) is 3. The summed E-state index contributed by atoms with van der Waals surface area (Å²) in [5.41, 5.74) is 14.4. The van der Waals surface area contributed by atoms with Crippen molar-refractivity contribution >= 4 is 11.6 Å². The molecule has 2 rings (SSSR count). The standard InChI is InChI=1S/C12H15N5O/c1-6-4-5-9(11(14)18)12(15-6)17-8(3)10(13)7(2)16-17/h4-5H,13H2,1-3H3,(H2,14,18). The maximum atomic E-state index is 11.4. The van der Waals surface area contributed by atoms with Crippen LogP contribution in [0.5, 0.6) is 0 Å². The van der Waals surface area contributed by atoms with E-state index >= 15 is 0 Å². The van der Waals surface area contributed by atoms with Gasteiger partial charge in [0.15, 0.2) is 5.82 Å². The summed E-state index contributed by atoms with van der Waals surface area (Å²) in [6.45, 7) is 5.46. The van der Waals surface area contributed by atoms with Crippen LogP contribution in [0.25, 0.3) is 5.82 Å². The molecule has 1 amide bonds. The van der Waals surface area contributed by atoms with Gasteiger partial charge in [-0.25, -0.2) is 9.67 Å². The number of hydrogen-bond donors (Lipinski definition) is 2. The zero-order valence-corrected chi connectivity index (χ0v) is 10.6. The van der Waals surface area contributed by atoms with Crippen LogP contribution in [0.3, 0.4) is 0 Å². The van der Waals surface area contributed by atoms with Crippen molar-refractivity contribution < 1.29 is 4.79 Å². The molecule has 0 saturated heterocycles. The summed E-state index contributed by atoms with van der Waals surface area (Å²) in [6, 6.07) is 3.38. The average Bonchev–Trinajstić information content (AvgIpc) is 2.56. The van der Waals surface area contributed by atoms with Crippen molar-refractivity contribution in [3.05, 3.63) is 34.8 Å². The predicted octanol–water partition coefficient (Wildman–Crippen LogP) is 0.874. The first-order valence-corrected chi connectivity index (χ1v) is 5.51. The molecule has 0 fully saturated rings. The van der Waals surface area contributed by atoms with Crippen LogP contribution in [-0.4, -0.2) is 20.7 Å². The zero-order valence-electron chi connectivity index (χ0n) is 10.6. The second-order valence-corrected chi connectivity index (χ2v) is 4.18. The maximum absolute atomic E-state index is 11.4. The summed E-state index contributed by atoms with van der Waals surface area (Å²) >= 11 is 0. The molecule has 0 unspecified atom stereocenters. The third-order valence-corrected chi connectivity index (χ3v) is 2.83. The van der Waals surface area contributed by atoms with Crippen LogP contribution in [0.4, 0.5) is 5.69 Å². The maximum Gasteiger partial charge on any atom is 0.252 e. The predicted molar refractivity (Wildman–Crippen MR) is 68.5 cm³/mol. The number of carbonyl (C=O) groups is 1. The summed E-state index contributed by atoms with van der Waals surface area (Å²) in [5.74, 6) is -0.122. The van der Waals surface area contributed by atoms with E-state index in [0.29, 0.717) is 22.8 Å². The Morgan fingerprint density at radius 1 is 1.28 bits per heavy atom. The van der Waals surface area contributed by atoms with Crippen LogP contribution >= 0.6 is 0 Å². The molecular weight excluding hydrogens is 230 g/mol. The summed E-state index contributed by atoms with van der Waals surface area (Å²) in [4.78, 5) is 15.7. The summed E-state index contributed by atoms with van der Waals surface area (Å²) in [6.07, 6.45) is 0. The van der Waals surface area contributed by atoms with Crippen LogP contribution in [-0.2, 0) is 0 Å². The van der Waals surface area contributed by atoms with Gasteiger partial charge in [0.1, 0.15) is 0 Å². The van der Waals surface area contributed by atoms with E-state index in [2.05, 4.69) is 10.1 Å². The number of primary amides is 1. The van der Waals surface area contributed by atoms with Crippen molar-refractivity contribution in [2.45, 2.75) is 20.8 Å². The van der Waals surface area contributed by atoms with E-state index in [4.69, 9.17) is 11.5 Å². The molecule has 2 aromatic rings. The largest absolute Gasteiger partial charge is 0.396 e. The summed E-state index contributed by atoms with van der Waals surface area (Å²) < 4.78 is 1.55. The minimum Gasteiger partial charge on any atom is -0.396 e. The van der Waals surface area contributed by atoms with Gasteiger partial charge in [0.25, 0.3) is 5.91 Å². The Bertz CT molecular complexity index is 630. The molecule has 0 aliphatic carbocycles. The number of nitrogen functional groups attached to an aromatic ring is 1. The van der Waals surface area contributed by atoms with Gasteiger partial charge in [-0.15, -0.1) is 0 Å². The molecule has 0 atom stereocenters. The van der Waals surface area contributed by atoms with Crippen molar-refractivity contribution in [3.63, 3.8) is 0 Å². The van der Waals surface area contributed by atoms with Crippen molar-refractivity contribution in [2.24, 2.45) is 5.73 Å². The highest BCUT2D eigenvalue weighted by Gasteiger charge is 2.17. The van der Waals surface area contributed by atoms with Gasteiger partial charge in [0, 0.05) is 5.69 Å². The lowest BCUT2D eigenvalue weighted by Crippen LogP contribution is -2.17. The van der Waals surface area contributed by atoms with Crippen LogP contribution in [0.1, 0.15) is 27.4 Å². The Labute approximate surface area is 105 Å². The van der Waals surface area contributed by atoms with Gasteiger partial charge in [-0.1, -0.05) is 0 Å². The zero-order chi connectivity index (χ0) is 13.4. The Morgan fingerprint density at radius 2 is 1.94 bits per heavy atom. The van der Waals surface area contributed by atoms with E-state index in [1.165, 1.54) is 0 Å². The second-order valence-electron chi connectivity index (χ2n) is 4.18. The molecular formula is C12H15N5O. The average molecular weight is 245 g/mol. The van der Waals surface area contributed by atoms with Gasteiger partial charge >= 0.3 is 0 Å². The molecule has 0 aromatic carbocycles. The molecule has 6 heteroatoms. The molecule has 0 saturated carbocycles. The van der Waals surface area contributed by atoms with Gasteiger partial charge in [-0.3, -0.25) is 4.79 Å². The van der Waals surface area contributed by atoms with Crippen molar-refractivity contribution in [3.8, 4) is 5.82 Å². The first-order chi connectivity index (χ1) is 8.41. The normalized spacial score (nSPS) is 10.6. The van der Waals surface area contributed by atoms with Crippen molar-refractivity contribution in [2.75, 3.05) is 5.73 Å². The number of amides is 1. The van der Waals surface area contributed by atoms with Crippen LogP contribution in [0, 0.1) is 20.8 Å². The first-order valence-electron chi connectivity index (χ1n) is 5.51. The highest BCUT2D eigenvalue weighted by atomic mass is 16.1. The summed E-state index contributed by atoms with van der Waals surface area (Å²) in [7, 11) is 0. The number of aryl methyl sites for hydroxylation is 2. The molecule has 2 heterocycles. The van der Waals surface area contributed by atoms with Gasteiger partial charge in [0.05, 0.1) is 22.6 Å². The van der Waals surface area contributed by atoms with Gasteiger partial charge in [-0.05, 0) is 32.9 Å². The van der Waals surface area contributed by atoms with E-state index in [9.17, 15) is 4.79 Å². The number of nitrogens with two attached hydrogens (primary N) is 2. The van der Waals surface area contributed by atoms with E-state index in [0.717, 1.165) is 11.4 Å². The minimum absolute atomic E-state index is 0.325. The highest BCUT2D eigenvalue weighted by Crippen LogP contribution is 2.20.